The number of thioether (sulfide) groups is 1. The molecule has 0 atom stereocenters. The Morgan fingerprint density at radius 2 is 1.91 bits per heavy atom. The van der Waals surface area contributed by atoms with Crippen molar-refractivity contribution in [3.63, 3.8) is 0 Å². The van der Waals surface area contributed by atoms with E-state index in [0.717, 1.165) is 0 Å². The van der Waals surface area contributed by atoms with E-state index in [0.29, 0.717) is 45.0 Å². The van der Waals surface area contributed by atoms with Crippen molar-refractivity contribution in [2.75, 3.05) is 20.3 Å². The number of amidine groups is 1. The van der Waals surface area contributed by atoms with Crippen molar-refractivity contribution in [2.24, 2.45) is 4.99 Å². The molecule has 9 nitrogen and oxygen atoms in total. The Balaban J connectivity index is 1.71. The second-order valence-corrected chi connectivity index (χ2v) is 7.68. The van der Waals surface area contributed by atoms with Crippen LogP contribution < -0.4 is 14.8 Å². The molecule has 0 aliphatic carbocycles. The van der Waals surface area contributed by atoms with E-state index in [1.54, 1.807) is 55.5 Å². The third-order valence-corrected chi connectivity index (χ3v) is 5.23. The number of aliphatic carboxylic acids is 1. The van der Waals surface area contributed by atoms with Gasteiger partial charge in [0.2, 0.25) is 0 Å². The largest absolute Gasteiger partial charge is 0.493 e. The minimum Gasteiger partial charge on any atom is -0.493 e. The van der Waals surface area contributed by atoms with E-state index in [4.69, 9.17) is 19.3 Å². The molecule has 2 N–H and O–H groups in total. The van der Waals surface area contributed by atoms with Crippen LogP contribution in [0.15, 0.2) is 52.4 Å². The number of amides is 1. The first-order valence-corrected chi connectivity index (χ1v) is 10.8. The van der Waals surface area contributed by atoms with Crippen molar-refractivity contribution in [3.05, 3.63) is 58.5 Å². The van der Waals surface area contributed by atoms with Crippen LogP contribution >= 0.6 is 11.8 Å². The molecule has 1 aliphatic heterocycles. The van der Waals surface area contributed by atoms with Gasteiger partial charge in [-0.3, -0.25) is 9.59 Å². The molecule has 0 unspecified atom stereocenters. The van der Waals surface area contributed by atoms with Crippen molar-refractivity contribution in [1.82, 2.24) is 5.32 Å². The summed E-state index contributed by atoms with van der Waals surface area (Å²) < 4.78 is 15.7. The van der Waals surface area contributed by atoms with E-state index in [2.05, 4.69) is 10.3 Å². The zero-order valence-corrected chi connectivity index (χ0v) is 18.8. The molecule has 0 saturated carbocycles. The molecule has 0 aromatic heterocycles. The fraction of sp³-hybridized carbons (Fsp3) is 0.217. The summed E-state index contributed by atoms with van der Waals surface area (Å²) in [6.07, 6.45) is 1.56. The Labute approximate surface area is 194 Å². The summed E-state index contributed by atoms with van der Waals surface area (Å²) in [6, 6.07) is 11.7. The summed E-state index contributed by atoms with van der Waals surface area (Å²) in [5, 5.41) is 11.9. The first-order chi connectivity index (χ1) is 15.9. The molecule has 3 rings (SSSR count). The van der Waals surface area contributed by atoms with Crippen LogP contribution in [-0.4, -0.2) is 48.4 Å². The molecule has 0 spiro atoms. The van der Waals surface area contributed by atoms with E-state index >= 15 is 0 Å². The summed E-state index contributed by atoms with van der Waals surface area (Å²) in [5.41, 5.74) is 1.71. The smallest absolute Gasteiger partial charge is 0.338 e. The number of ether oxygens (including phenoxy) is 3. The number of carbonyl (C=O) groups is 3. The summed E-state index contributed by atoms with van der Waals surface area (Å²) >= 11 is 1.18. The number of carboxylic acid groups (broad SMARTS) is 1. The van der Waals surface area contributed by atoms with Crippen LogP contribution in [0.5, 0.6) is 11.5 Å². The van der Waals surface area contributed by atoms with Crippen LogP contribution in [0.1, 0.15) is 29.3 Å². The van der Waals surface area contributed by atoms with Crippen molar-refractivity contribution in [3.8, 4) is 11.5 Å². The molecule has 0 bridgehead atoms. The van der Waals surface area contributed by atoms with Crippen LogP contribution in [-0.2, 0) is 14.3 Å². The standard InChI is InChI=1S/C23H22N2O7S/c1-3-31-22(29)15-5-7-16(8-6-15)24-23-25-21(28)19(33-23)13-14-4-9-17(18(12-14)30-2)32-11-10-20(26)27/h4-9,12-13H,3,10-11H2,1-2H3,(H,26,27)(H,24,25,28)/b19-13+. The Kier molecular flexibility index (Phi) is 8.09. The normalized spacial score (nSPS) is 15.4. The molecular weight excluding hydrogens is 448 g/mol. The second kappa shape index (κ2) is 11.2. The van der Waals surface area contributed by atoms with Gasteiger partial charge >= 0.3 is 11.9 Å². The lowest BCUT2D eigenvalue weighted by Crippen LogP contribution is -2.19. The number of methoxy groups -OCH3 is 1. The van der Waals surface area contributed by atoms with E-state index < -0.39 is 11.9 Å². The highest BCUT2D eigenvalue weighted by Crippen LogP contribution is 2.32. The lowest BCUT2D eigenvalue weighted by molar-refractivity contribution is -0.137. The molecule has 1 amide bonds. The fourth-order valence-electron chi connectivity index (χ4n) is 2.78. The molecule has 2 aromatic carbocycles. The van der Waals surface area contributed by atoms with Gasteiger partial charge in [-0.2, -0.15) is 0 Å². The molecule has 1 saturated heterocycles. The Morgan fingerprint density at radius 3 is 2.58 bits per heavy atom. The Bertz CT molecular complexity index is 1110. The van der Waals surface area contributed by atoms with E-state index in [9.17, 15) is 14.4 Å². The van der Waals surface area contributed by atoms with Gasteiger partial charge in [-0.15, -0.1) is 0 Å². The number of esters is 1. The van der Waals surface area contributed by atoms with Crippen LogP contribution in [0, 0.1) is 0 Å². The molecule has 0 radical (unpaired) electrons. The van der Waals surface area contributed by atoms with Gasteiger partial charge < -0.3 is 24.6 Å². The molecule has 2 aromatic rings. The Hall–Kier alpha value is -3.79. The highest BCUT2D eigenvalue weighted by Gasteiger charge is 2.24. The quantitative estimate of drug-likeness (QED) is 0.421. The molecule has 1 heterocycles. The van der Waals surface area contributed by atoms with Gasteiger partial charge in [-0.05, 0) is 66.7 Å². The molecule has 33 heavy (non-hydrogen) atoms. The van der Waals surface area contributed by atoms with Crippen molar-refractivity contribution < 1.29 is 33.7 Å². The van der Waals surface area contributed by atoms with E-state index in [1.165, 1.54) is 18.9 Å². The predicted molar refractivity (Wildman–Crippen MR) is 124 cm³/mol. The van der Waals surface area contributed by atoms with Crippen LogP contribution in [0.2, 0.25) is 0 Å². The number of carbonyl (C=O) groups excluding carboxylic acids is 2. The van der Waals surface area contributed by atoms with Gasteiger partial charge in [-0.25, -0.2) is 9.79 Å². The SMILES string of the molecule is CCOC(=O)c1ccc(N=C2NC(=O)/C(=C\c3ccc(OCCC(=O)O)c(OC)c3)S2)cc1. The minimum absolute atomic E-state index is 0.0188. The van der Waals surface area contributed by atoms with Crippen molar-refractivity contribution in [2.45, 2.75) is 13.3 Å². The zero-order chi connectivity index (χ0) is 23.8. The topological polar surface area (TPSA) is 124 Å². The monoisotopic (exact) mass is 470 g/mol. The number of nitrogens with zero attached hydrogens (tertiary/aromatic N) is 1. The van der Waals surface area contributed by atoms with E-state index in [1.807, 2.05) is 0 Å². The summed E-state index contributed by atoms with van der Waals surface area (Å²) in [4.78, 5) is 39.6. The molecular formula is C23H22N2O7S. The number of benzene rings is 2. The maximum Gasteiger partial charge on any atom is 0.338 e. The van der Waals surface area contributed by atoms with Crippen LogP contribution in [0.25, 0.3) is 6.08 Å². The maximum absolute atomic E-state index is 12.4. The number of hydrogen-bond acceptors (Lipinski definition) is 8. The van der Waals surface area contributed by atoms with Crippen LogP contribution in [0.4, 0.5) is 5.69 Å². The number of carboxylic acids is 1. The minimum atomic E-state index is -0.952. The third-order valence-electron chi connectivity index (χ3n) is 4.32. The average molecular weight is 471 g/mol. The lowest BCUT2D eigenvalue weighted by atomic mass is 10.2. The van der Waals surface area contributed by atoms with Crippen LogP contribution in [0.3, 0.4) is 0 Å². The molecule has 1 fully saturated rings. The van der Waals surface area contributed by atoms with Gasteiger partial charge in [0.1, 0.15) is 0 Å². The average Bonchev–Trinajstić information content (AvgIpc) is 3.13. The van der Waals surface area contributed by atoms with Crippen molar-refractivity contribution in [1.29, 1.82) is 0 Å². The second-order valence-electron chi connectivity index (χ2n) is 6.65. The summed E-state index contributed by atoms with van der Waals surface area (Å²) in [6.45, 7) is 2.06. The van der Waals surface area contributed by atoms with E-state index in [-0.39, 0.29) is 18.9 Å². The molecule has 10 heteroatoms. The molecule has 172 valence electrons. The number of rotatable bonds is 9. The summed E-state index contributed by atoms with van der Waals surface area (Å²) in [7, 11) is 1.48. The third kappa shape index (κ3) is 6.59. The molecule has 1 aliphatic rings. The fourth-order valence-corrected chi connectivity index (χ4v) is 3.62. The predicted octanol–water partition coefficient (Wildman–Crippen LogP) is 3.62. The lowest BCUT2D eigenvalue weighted by Gasteiger charge is -2.10. The maximum atomic E-state index is 12.4. The first-order valence-electron chi connectivity index (χ1n) is 9.99. The Morgan fingerprint density at radius 1 is 1.15 bits per heavy atom. The van der Waals surface area contributed by atoms with Crippen molar-refractivity contribution >= 4 is 46.5 Å². The zero-order valence-electron chi connectivity index (χ0n) is 18.0. The van der Waals surface area contributed by atoms with Gasteiger partial charge in [0.15, 0.2) is 16.7 Å². The number of nitrogens with one attached hydrogen (secondary N) is 1. The first kappa shape index (κ1) is 23.9. The summed E-state index contributed by atoms with van der Waals surface area (Å²) in [5.74, 6) is -0.805. The number of aliphatic imine (C=N–C) groups is 1. The van der Waals surface area contributed by atoms with Gasteiger partial charge in [0.05, 0.1) is 42.9 Å². The van der Waals surface area contributed by atoms with Gasteiger partial charge in [0.25, 0.3) is 5.91 Å². The number of hydrogen-bond donors (Lipinski definition) is 2. The highest BCUT2D eigenvalue weighted by atomic mass is 32.2. The van der Waals surface area contributed by atoms with Gasteiger partial charge in [-0.1, -0.05) is 6.07 Å². The highest BCUT2D eigenvalue weighted by molar-refractivity contribution is 8.18. The van der Waals surface area contributed by atoms with Gasteiger partial charge in [0, 0.05) is 0 Å².